The Morgan fingerprint density at radius 2 is 1.85 bits per heavy atom. The van der Waals surface area contributed by atoms with Crippen molar-refractivity contribution in [2.75, 3.05) is 30.9 Å². The summed E-state index contributed by atoms with van der Waals surface area (Å²) in [6.45, 7) is 4.83. The molecule has 2 aromatic carbocycles. The summed E-state index contributed by atoms with van der Waals surface area (Å²) < 4.78 is 6.73. The molecular formula is C21H27BrN2O2. The molecule has 0 spiro atoms. The number of carbonyl (C=O) groups is 1. The summed E-state index contributed by atoms with van der Waals surface area (Å²) >= 11 is 3.55. The fourth-order valence-electron chi connectivity index (χ4n) is 2.47. The van der Waals surface area contributed by atoms with Gasteiger partial charge < -0.3 is 15.0 Å². The van der Waals surface area contributed by atoms with Gasteiger partial charge in [-0.15, -0.1) is 0 Å². The second-order valence-electron chi connectivity index (χ2n) is 6.79. The van der Waals surface area contributed by atoms with Gasteiger partial charge in [-0.2, -0.15) is 0 Å². The molecule has 0 fully saturated rings. The van der Waals surface area contributed by atoms with Gasteiger partial charge in [-0.1, -0.05) is 19.9 Å². The SMILES string of the molecule is CC(C)c1ccc(OCCCC(=O)Nc2ccc(N(C)C)cc2)c(Br)c1. The van der Waals surface area contributed by atoms with Crippen LogP contribution in [0.4, 0.5) is 11.4 Å². The Bertz CT molecular complexity index is 727. The van der Waals surface area contributed by atoms with Crippen molar-refractivity contribution in [1.82, 2.24) is 0 Å². The molecule has 0 atom stereocenters. The first-order valence-electron chi connectivity index (χ1n) is 8.86. The molecule has 0 heterocycles. The third-order valence-electron chi connectivity index (χ3n) is 4.10. The molecule has 1 amide bonds. The predicted octanol–water partition coefficient (Wildman–Crippen LogP) is 5.44. The summed E-state index contributed by atoms with van der Waals surface area (Å²) in [5, 5.41) is 2.92. The maximum absolute atomic E-state index is 12.0. The lowest BCUT2D eigenvalue weighted by Crippen LogP contribution is -2.13. The number of nitrogens with zero attached hydrogens (tertiary/aromatic N) is 1. The van der Waals surface area contributed by atoms with Crippen molar-refractivity contribution in [2.24, 2.45) is 0 Å². The first-order chi connectivity index (χ1) is 12.4. The first-order valence-corrected chi connectivity index (χ1v) is 9.65. The van der Waals surface area contributed by atoms with E-state index in [1.165, 1.54) is 5.56 Å². The number of ether oxygens (including phenoxy) is 1. The lowest BCUT2D eigenvalue weighted by Gasteiger charge is -2.13. The molecule has 140 valence electrons. The van der Waals surface area contributed by atoms with Gasteiger partial charge in [0.2, 0.25) is 5.91 Å². The van der Waals surface area contributed by atoms with Crippen molar-refractivity contribution in [3.63, 3.8) is 0 Å². The molecule has 0 aliphatic carbocycles. The zero-order valence-electron chi connectivity index (χ0n) is 15.9. The highest BCUT2D eigenvalue weighted by molar-refractivity contribution is 9.10. The van der Waals surface area contributed by atoms with Crippen LogP contribution in [0.5, 0.6) is 5.75 Å². The van der Waals surface area contributed by atoms with Crippen LogP contribution < -0.4 is 15.0 Å². The van der Waals surface area contributed by atoms with Crippen LogP contribution in [-0.2, 0) is 4.79 Å². The van der Waals surface area contributed by atoms with E-state index in [1.54, 1.807) is 0 Å². The molecule has 0 aliphatic rings. The van der Waals surface area contributed by atoms with Crippen LogP contribution >= 0.6 is 15.9 Å². The minimum absolute atomic E-state index is 0.000393. The minimum atomic E-state index is 0.000393. The topological polar surface area (TPSA) is 41.6 Å². The second kappa shape index (κ2) is 9.62. The summed E-state index contributed by atoms with van der Waals surface area (Å²) in [5.74, 6) is 1.30. The van der Waals surface area contributed by atoms with Gasteiger partial charge >= 0.3 is 0 Å². The highest BCUT2D eigenvalue weighted by Gasteiger charge is 2.07. The van der Waals surface area contributed by atoms with Gasteiger partial charge in [0.25, 0.3) is 0 Å². The largest absolute Gasteiger partial charge is 0.492 e. The Labute approximate surface area is 164 Å². The fraction of sp³-hybridized carbons (Fsp3) is 0.381. The molecule has 0 saturated carbocycles. The lowest BCUT2D eigenvalue weighted by molar-refractivity contribution is -0.116. The van der Waals surface area contributed by atoms with Gasteiger partial charge in [0.05, 0.1) is 11.1 Å². The third-order valence-corrected chi connectivity index (χ3v) is 4.72. The van der Waals surface area contributed by atoms with Crippen LogP contribution in [-0.4, -0.2) is 26.6 Å². The van der Waals surface area contributed by atoms with Crippen molar-refractivity contribution in [3.8, 4) is 5.75 Å². The predicted molar refractivity (Wildman–Crippen MR) is 112 cm³/mol. The smallest absolute Gasteiger partial charge is 0.224 e. The summed E-state index contributed by atoms with van der Waals surface area (Å²) in [5.41, 5.74) is 3.18. The minimum Gasteiger partial charge on any atom is -0.492 e. The molecule has 0 unspecified atom stereocenters. The number of amides is 1. The number of halogens is 1. The van der Waals surface area contributed by atoms with Crippen LogP contribution in [0.25, 0.3) is 0 Å². The van der Waals surface area contributed by atoms with Crippen LogP contribution in [0.15, 0.2) is 46.9 Å². The number of anilines is 2. The molecule has 0 saturated heterocycles. The maximum Gasteiger partial charge on any atom is 0.224 e. The monoisotopic (exact) mass is 418 g/mol. The van der Waals surface area contributed by atoms with Gasteiger partial charge in [-0.25, -0.2) is 0 Å². The van der Waals surface area contributed by atoms with Gasteiger partial charge in [-0.3, -0.25) is 4.79 Å². The maximum atomic E-state index is 12.0. The van der Waals surface area contributed by atoms with E-state index in [0.717, 1.165) is 21.6 Å². The number of hydrogen-bond acceptors (Lipinski definition) is 3. The van der Waals surface area contributed by atoms with Crippen LogP contribution in [0.1, 0.15) is 38.2 Å². The number of hydrogen-bond donors (Lipinski definition) is 1. The molecule has 5 heteroatoms. The quantitative estimate of drug-likeness (QED) is 0.580. The van der Waals surface area contributed by atoms with E-state index in [0.29, 0.717) is 25.4 Å². The van der Waals surface area contributed by atoms with Crippen LogP contribution in [0.2, 0.25) is 0 Å². The van der Waals surface area contributed by atoms with Crippen molar-refractivity contribution >= 4 is 33.2 Å². The van der Waals surface area contributed by atoms with Gasteiger partial charge in [0.15, 0.2) is 0 Å². The fourth-order valence-corrected chi connectivity index (χ4v) is 2.99. The number of carbonyl (C=O) groups excluding carboxylic acids is 1. The van der Waals surface area contributed by atoms with E-state index in [4.69, 9.17) is 4.74 Å². The first kappa shape index (κ1) is 20.3. The summed E-state index contributed by atoms with van der Waals surface area (Å²) in [4.78, 5) is 14.1. The highest BCUT2D eigenvalue weighted by Crippen LogP contribution is 2.29. The van der Waals surface area contributed by atoms with Crippen LogP contribution in [0, 0.1) is 0 Å². The molecule has 2 rings (SSSR count). The lowest BCUT2D eigenvalue weighted by atomic mass is 10.0. The molecular weight excluding hydrogens is 392 g/mol. The molecule has 1 N–H and O–H groups in total. The summed E-state index contributed by atoms with van der Waals surface area (Å²) in [6.07, 6.45) is 1.09. The van der Waals surface area contributed by atoms with Gasteiger partial charge in [-0.05, 0) is 70.2 Å². The van der Waals surface area contributed by atoms with Gasteiger partial charge in [0.1, 0.15) is 5.75 Å². The third kappa shape index (κ3) is 6.06. The van der Waals surface area contributed by atoms with Gasteiger partial charge in [0, 0.05) is 31.9 Å². The molecule has 2 aromatic rings. The zero-order valence-corrected chi connectivity index (χ0v) is 17.5. The molecule has 0 aromatic heterocycles. The molecule has 0 radical (unpaired) electrons. The average Bonchev–Trinajstić information content (AvgIpc) is 2.60. The van der Waals surface area contributed by atoms with E-state index in [1.807, 2.05) is 49.3 Å². The van der Waals surface area contributed by atoms with Crippen molar-refractivity contribution in [2.45, 2.75) is 32.6 Å². The van der Waals surface area contributed by atoms with Crippen molar-refractivity contribution in [3.05, 3.63) is 52.5 Å². The average molecular weight is 419 g/mol. The van der Waals surface area contributed by atoms with E-state index in [2.05, 4.69) is 47.2 Å². The van der Waals surface area contributed by atoms with E-state index >= 15 is 0 Å². The summed E-state index contributed by atoms with van der Waals surface area (Å²) in [7, 11) is 3.98. The molecule has 26 heavy (non-hydrogen) atoms. The Hall–Kier alpha value is -2.01. The second-order valence-corrected chi connectivity index (χ2v) is 7.64. The molecule has 4 nitrogen and oxygen atoms in total. The van der Waals surface area contributed by atoms with Crippen molar-refractivity contribution in [1.29, 1.82) is 0 Å². The van der Waals surface area contributed by atoms with E-state index in [9.17, 15) is 4.79 Å². The Balaban J connectivity index is 1.75. The molecule has 0 bridgehead atoms. The Kier molecular flexibility index (Phi) is 7.51. The Morgan fingerprint density at radius 3 is 2.42 bits per heavy atom. The highest BCUT2D eigenvalue weighted by atomic mass is 79.9. The molecule has 0 aliphatic heterocycles. The van der Waals surface area contributed by atoms with E-state index < -0.39 is 0 Å². The summed E-state index contributed by atoms with van der Waals surface area (Å²) in [6, 6.07) is 13.9. The number of benzene rings is 2. The zero-order chi connectivity index (χ0) is 19.1. The standard InChI is InChI=1S/C21H27BrN2O2/c1-15(2)16-7-12-20(19(22)14-16)26-13-5-6-21(25)23-17-8-10-18(11-9-17)24(3)4/h7-12,14-15H,5-6,13H2,1-4H3,(H,23,25). The number of rotatable bonds is 8. The van der Waals surface area contributed by atoms with E-state index in [-0.39, 0.29) is 5.91 Å². The van der Waals surface area contributed by atoms with Crippen LogP contribution in [0.3, 0.4) is 0 Å². The number of nitrogens with one attached hydrogen (secondary N) is 1. The normalized spacial score (nSPS) is 10.7. The Morgan fingerprint density at radius 1 is 1.15 bits per heavy atom. The van der Waals surface area contributed by atoms with Crippen molar-refractivity contribution < 1.29 is 9.53 Å².